The van der Waals surface area contributed by atoms with Gasteiger partial charge in [-0.3, -0.25) is 4.79 Å². The Labute approximate surface area is 136 Å². The van der Waals surface area contributed by atoms with Gasteiger partial charge in [0.25, 0.3) is 0 Å². The molecule has 114 valence electrons. The minimum Gasteiger partial charge on any atom is -0.507 e. The Hall–Kier alpha value is -2.87. The molecule has 0 saturated carbocycles. The maximum Gasteiger partial charge on any atom is 0.193 e. The monoisotopic (exact) mass is 302 g/mol. The van der Waals surface area contributed by atoms with E-state index in [0.717, 1.165) is 11.1 Å². The Kier molecular flexibility index (Phi) is 3.98. The van der Waals surface area contributed by atoms with Gasteiger partial charge in [-0.1, -0.05) is 77.9 Å². The lowest BCUT2D eigenvalue weighted by atomic mass is 9.96. The van der Waals surface area contributed by atoms with Crippen LogP contribution in [0, 0.1) is 13.8 Å². The van der Waals surface area contributed by atoms with Crippen molar-refractivity contribution in [3.63, 3.8) is 0 Å². The molecule has 1 aliphatic carbocycles. The van der Waals surface area contributed by atoms with Gasteiger partial charge in [-0.05, 0) is 13.8 Å². The average molecular weight is 302 g/mol. The van der Waals surface area contributed by atoms with Crippen LogP contribution in [0.4, 0.5) is 0 Å². The molecule has 0 radical (unpaired) electrons. The molecule has 0 heterocycles. The summed E-state index contributed by atoms with van der Waals surface area (Å²) in [6.45, 7) is 3.98. The van der Waals surface area contributed by atoms with Crippen molar-refractivity contribution in [1.29, 1.82) is 0 Å². The minimum atomic E-state index is -0.0799. The van der Waals surface area contributed by atoms with E-state index in [-0.39, 0.29) is 11.5 Å². The van der Waals surface area contributed by atoms with Crippen LogP contribution in [0.3, 0.4) is 0 Å². The first-order valence-electron chi connectivity index (χ1n) is 7.56. The zero-order valence-electron chi connectivity index (χ0n) is 13.2. The number of ketones is 1. The maximum absolute atomic E-state index is 12.7. The summed E-state index contributed by atoms with van der Waals surface area (Å²) in [5, 5.41) is 10.6. The summed E-state index contributed by atoms with van der Waals surface area (Å²) in [5.41, 5.74) is 4.66. The summed E-state index contributed by atoms with van der Waals surface area (Å²) in [4.78, 5) is 12.7. The molecule has 2 aromatic rings. The normalized spacial score (nSPS) is 15.5. The molecule has 2 nitrogen and oxygen atoms in total. The maximum atomic E-state index is 12.7. The lowest BCUT2D eigenvalue weighted by Crippen LogP contribution is -2.05. The molecule has 0 bridgehead atoms. The number of allylic oxidation sites excluding steroid dienone is 5. The van der Waals surface area contributed by atoms with E-state index in [4.69, 9.17) is 0 Å². The number of carbonyl (C=O) groups excluding carboxylic acids is 1. The van der Waals surface area contributed by atoms with Crippen LogP contribution >= 0.6 is 0 Å². The standard InChI is InChI=1S/C21H18O2/c1-14-6-10-16(11-7-14)20(22)18-4-3-5-19(18)21(23)17-12-8-15(2)9-13-17/h3-13,22H,1-2H3/b20-18-. The number of aryl methyl sites for hydroxylation is 2. The Morgan fingerprint density at radius 3 is 1.91 bits per heavy atom. The van der Waals surface area contributed by atoms with Crippen molar-refractivity contribution in [1.82, 2.24) is 0 Å². The first-order valence-corrected chi connectivity index (χ1v) is 7.56. The Balaban J connectivity index is 1.97. The molecule has 1 N–H and O–H groups in total. The first kappa shape index (κ1) is 15.0. The van der Waals surface area contributed by atoms with Crippen molar-refractivity contribution in [2.45, 2.75) is 13.8 Å². The van der Waals surface area contributed by atoms with Crippen LogP contribution in [0.1, 0.15) is 27.0 Å². The summed E-state index contributed by atoms with van der Waals surface area (Å²) in [6.07, 6.45) is 5.32. The third kappa shape index (κ3) is 3.02. The van der Waals surface area contributed by atoms with E-state index in [1.165, 1.54) is 0 Å². The molecule has 2 heteroatoms. The summed E-state index contributed by atoms with van der Waals surface area (Å²) in [7, 11) is 0. The first-order chi connectivity index (χ1) is 11.1. The van der Waals surface area contributed by atoms with Crippen molar-refractivity contribution >= 4 is 11.5 Å². The molecule has 0 saturated heterocycles. The minimum absolute atomic E-state index is 0.0799. The highest BCUT2D eigenvalue weighted by Crippen LogP contribution is 2.29. The van der Waals surface area contributed by atoms with Gasteiger partial charge in [-0.15, -0.1) is 0 Å². The largest absolute Gasteiger partial charge is 0.507 e. The molecule has 0 fully saturated rings. The van der Waals surface area contributed by atoms with Gasteiger partial charge in [0.15, 0.2) is 5.78 Å². The van der Waals surface area contributed by atoms with Crippen molar-refractivity contribution in [3.05, 3.63) is 100 Å². The number of aliphatic hydroxyl groups excluding tert-OH is 1. The predicted molar refractivity (Wildman–Crippen MR) is 93.5 cm³/mol. The number of benzene rings is 2. The van der Waals surface area contributed by atoms with Crippen LogP contribution in [0.2, 0.25) is 0 Å². The van der Waals surface area contributed by atoms with Crippen molar-refractivity contribution in [3.8, 4) is 0 Å². The molecule has 0 amide bonds. The molecule has 0 aromatic heterocycles. The summed E-state index contributed by atoms with van der Waals surface area (Å²) in [5.74, 6) is 0.0501. The van der Waals surface area contributed by atoms with Gasteiger partial charge < -0.3 is 5.11 Å². The fourth-order valence-corrected chi connectivity index (χ4v) is 2.55. The lowest BCUT2D eigenvalue weighted by Gasteiger charge is -2.09. The molecule has 0 spiro atoms. The fraction of sp³-hybridized carbons (Fsp3) is 0.0952. The zero-order chi connectivity index (χ0) is 16.4. The van der Waals surface area contributed by atoms with Crippen LogP contribution in [0.15, 0.2) is 77.9 Å². The molecule has 2 aromatic carbocycles. The Morgan fingerprint density at radius 2 is 1.35 bits per heavy atom. The molecule has 0 aliphatic heterocycles. The van der Waals surface area contributed by atoms with Gasteiger partial charge in [-0.2, -0.15) is 0 Å². The molecule has 0 atom stereocenters. The fourth-order valence-electron chi connectivity index (χ4n) is 2.55. The number of aliphatic hydroxyl groups is 1. The topological polar surface area (TPSA) is 37.3 Å². The SMILES string of the molecule is Cc1ccc(C(=O)C2=CC=C/C2=C(/O)c2ccc(C)cc2)cc1. The molecule has 0 unspecified atom stereocenters. The highest BCUT2D eigenvalue weighted by molar-refractivity contribution is 6.14. The smallest absolute Gasteiger partial charge is 0.193 e. The van der Waals surface area contributed by atoms with Crippen molar-refractivity contribution < 1.29 is 9.90 Å². The zero-order valence-corrected chi connectivity index (χ0v) is 13.2. The van der Waals surface area contributed by atoms with Gasteiger partial charge in [0.2, 0.25) is 0 Å². The van der Waals surface area contributed by atoms with Gasteiger partial charge in [-0.25, -0.2) is 0 Å². The highest BCUT2D eigenvalue weighted by atomic mass is 16.3. The van der Waals surface area contributed by atoms with E-state index >= 15 is 0 Å². The molecule has 3 rings (SSSR count). The lowest BCUT2D eigenvalue weighted by molar-refractivity contribution is 0.103. The predicted octanol–water partition coefficient (Wildman–Crippen LogP) is 4.95. The molecule has 1 aliphatic rings. The number of hydrogen-bond acceptors (Lipinski definition) is 2. The van der Waals surface area contributed by atoms with E-state index in [1.807, 2.05) is 62.4 Å². The van der Waals surface area contributed by atoms with Gasteiger partial charge >= 0.3 is 0 Å². The summed E-state index contributed by atoms with van der Waals surface area (Å²) >= 11 is 0. The van der Waals surface area contributed by atoms with E-state index in [9.17, 15) is 9.90 Å². The van der Waals surface area contributed by atoms with Crippen LogP contribution in [0.5, 0.6) is 0 Å². The van der Waals surface area contributed by atoms with Crippen LogP contribution < -0.4 is 0 Å². The molecule has 23 heavy (non-hydrogen) atoms. The number of hydrogen-bond donors (Lipinski definition) is 1. The highest BCUT2D eigenvalue weighted by Gasteiger charge is 2.21. The second-order valence-corrected chi connectivity index (χ2v) is 5.76. The van der Waals surface area contributed by atoms with Crippen molar-refractivity contribution in [2.75, 3.05) is 0 Å². The number of Topliss-reactive ketones (excluding diaryl/α,β-unsaturated/α-hetero) is 1. The second kappa shape index (κ2) is 6.09. The van der Waals surface area contributed by atoms with Crippen LogP contribution in [-0.4, -0.2) is 10.9 Å². The van der Waals surface area contributed by atoms with E-state index in [2.05, 4.69) is 0 Å². The molecular weight excluding hydrogens is 284 g/mol. The number of rotatable bonds is 3. The van der Waals surface area contributed by atoms with E-state index < -0.39 is 0 Å². The number of carbonyl (C=O) groups is 1. The summed E-state index contributed by atoms with van der Waals surface area (Å²) < 4.78 is 0. The van der Waals surface area contributed by atoms with Gasteiger partial charge in [0, 0.05) is 22.3 Å². The van der Waals surface area contributed by atoms with Crippen LogP contribution in [0.25, 0.3) is 5.76 Å². The third-order valence-corrected chi connectivity index (χ3v) is 3.95. The Morgan fingerprint density at radius 1 is 0.826 bits per heavy atom. The second-order valence-electron chi connectivity index (χ2n) is 5.76. The summed E-state index contributed by atoms with van der Waals surface area (Å²) in [6, 6.07) is 15.1. The van der Waals surface area contributed by atoms with Gasteiger partial charge in [0.1, 0.15) is 5.76 Å². The quantitative estimate of drug-likeness (QED) is 0.643. The van der Waals surface area contributed by atoms with E-state index in [0.29, 0.717) is 22.3 Å². The average Bonchev–Trinajstić information content (AvgIpc) is 3.04. The van der Waals surface area contributed by atoms with Gasteiger partial charge in [0.05, 0.1) is 0 Å². The Bertz CT molecular complexity index is 832. The van der Waals surface area contributed by atoms with Crippen molar-refractivity contribution in [2.24, 2.45) is 0 Å². The molecular formula is C21H18O2. The third-order valence-electron chi connectivity index (χ3n) is 3.95. The van der Waals surface area contributed by atoms with Crippen LogP contribution in [-0.2, 0) is 0 Å². The van der Waals surface area contributed by atoms with E-state index in [1.54, 1.807) is 18.2 Å².